The first-order valence-corrected chi connectivity index (χ1v) is 13.4. The van der Waals surface area contributed by atoms with E-state index in [0.29, 0.717) is 41.1 Å². The van der Waals surface area contributed by atoms with Crippen LogP contribution in [0.3, 0.4) is 0 Å². The minimum atomic E-state index is -3.15. The lowest BCUT2D eigenvalue weighted by Crippen LogP contribution is -2.63. The van der Waals surface area contributed by atoms with Crippen molar-refractivity contribution in [2.75, 3.05) is 24.7 Å². The zero-order chi connectivity index (χ0) is 25.7. The van der Waals surface area contributed by atoms with Gasteiger partial charge in [-0.2, -0.15) is 5.10 Å². The van der Waals surface area contributed by atoms with E-state index in [9.17, 15) is 22.0 Å². The molecule has 0 bridgehead atoms. The first kappa shape index (κ1) is 24.6. The number of rotatable bonds is 6. The Morgan fingerprint density at radius 1 is 1.33 bits per heavy atom. The maximum absolute atomic E-state index is 14.9. The topological polar surface area (TPSA) is 112 Å². The molecular formula is C24H26F2N4O5S. The average Bonchev–Trinajstić information content (AvgIpc) is 3.16. The van der Waals surface area contributed by atoms with Gasteiger partial charge in [0.1, 0.15) is 23.1 Å². The van der Waals surface area contributed by atoms with E-state index in [1.807, 2.05) is 0 Å². The van der Waals surface area contributed by atoms with Gasteiger partial charge in [0.15, 0.2) is 9.84 Å². The number of alkyl halides is 2. The summed E-state index contributed by atoms with van der Waals surface area (Å²) in [6.45, 7) is 3.24. The standard InChI is InChI=1S/C24H26F2N4O5S/c1-14(25)35-17-5-3-4-15(8-17)21-22-20(30(29-21)19-6-7-34-11-18(19)26)9-16(10-27-22)23(31)28-24(2)12-36(32,33)13-24/h3-5,8-10,14,18-19H,6-7,11-13H2,1-2H3,(H,28,31)/t14?,18-,19?/m0/s1. The van der Waals surface area contributed by atoms with Crippen LogP contribution in [-0.2, 0) is 14.6 Å². The fourth-order valence-corrected chi connectivity index (χ4v) is 6.81. The van der Waals surface area contributed by atoms with E-state index >= 15 is 0 Å². The molecule has 3 aromatic rings. The number of ether oxygens (including phenoxy) is 2. The van der Waals surface area contributed by atoms with Crippen molar-refractivity contribution in [3.05, 3.63) is 42.1 Å². The second-order valence-corrected chi connectivity index (χ2v) is 11.6. The third-order valence-corrected chi connectivity index (χ3v) is 8.43. The van der Waals surface area contributed by atoms with Crippen LogP contribution < -0.4 is 10.1 Å². The minimum Gasteiger partial charge on any atom is -0.461 e. The molecule has 192 valence electrons. The zero-order valence-corrected chi connectivity index (χ0v) is 20.6. The van der Waals surface area contributed by atoms with E-state index < -0.39 is 39.9 Å². The van der Waals surface area contributed by atoms with E-state index in [0.717, 1.165) is 0 Å². The quantitative estimate of drug-likeness (QED) is 0.532. The SMILES string of the molecule is CC(F)Oc1cccc(-c2nn(C3CCOC[C@@H]3F)c3cc(C(=O)NC4(C)CS(=O)(=O)C4)cnc23)c1. The monoisotopic (exact) mass is 520 g/mol. The highest BCUT2D eigenvalue weighted by molar-refractivity contribution is 7.93. The Morgan fingerprint density at radius 2 is 2.11 bits per heavy atom. The van der Waals surface area contributed by atoms with Crippen LogP contribution in [0.5, 0.6) is 5.75 Å². The molecular weight excluding hydrogens is 494 g/mol. The number of fused-ring (bicyclic) bond motifs is 1. The molecule has 3 atom stereocenters. The molecule has 1 N–H and O–H groups in total. The van der Waals surface area contributed by atoms with Crippen LogP contribution in [0.1, 0.15) is 36.7 Å². The highest BCUT2D eigenvalue weighted by Gasteiger charge is 2.45. The molecule has 12 heteroatoms. The van der Waals surface area contributed by atoms with Crippen molar-refractivity contribution in [1.29, 1.82) is 0 Å². The van der Waals surface area contributed by atoms with Crippen LogP contribution in [0.15, 0.2) is 36.5 Å². The van der Waals surface area contributed by atoms with Crippen LogP contribution in [0.2, 0.25) is 0 Å². The third kappa shape index (κ3) is 4.79. The second-order valence-electron chi connectivity index (χ2n) is 9.57. The van der Waals surface area contributed by atoms with E-state index in [1.165, 1.54) is 17.8 Å². The Hall–Kier alpha value is -3.12. The maximum atomic E-state index is 14.9. The van der Waals surface area contributed by atoms with E-state index in [2.05, 4.69) is 15.4 Å². The van der Waals surface area contributed by atoms with E-state index in [4.69, 9.17) is 9.47 Å². The van der Waals surface area contributed by atoms with Crippen molar-refractivity contribution in [3.8, 4) is 17.0 Å². The van der Waals surface area contributed by atoms with Gasteiger partial charge in [-0.3, -0.25) is 14.5 Å². The molecule has 0 aliphatic carbocycles. The number of halogens is 2. The molecule has 2 aliphatic heterocycles. The number of nitrogens with zero attached hydrogens (tertiary/aromatic N) is 3. The fourth-order valence-electron chi connectivity index (χ4n) is 4.81. The number of hydrogen-bond acceptors (Lipinski definition) is 7. The number of carbonyl (C=O) groups is 1. The van der Waals surface area contributed by atoms with Gasteiger partial charge < -0.3 is 14.8 Å². The fraction of sp³-hybridized carbons (Fsp3) is 0.458. The number of benzene rings is 1. The molecule has 9 nitrogen and oxygen atoms in total. The summed E-state index contributed by atoms with van der Waals surface area (Å²) in [5.41, 5.74) is 1.26. The summed E-state index contributed by atoms with van der Waals surface area (Å²) in [6.07, 6.45) is -1.05. The van der Waals surface area contributed by atoms with Gasteiger partial charge in [-0.1, -0.05) is 12.1 Å². The molecule has 0 saturated carbocycles. The number of amides is 1. The number of sulfone groups is 1. The van der Waals surface area contributed by atoms with Crippen molar-refractivity contribution in [1.82, 2.24) is 20.1 Å². The van der Waals surface area contributed by atoms with Crippen molar-refractivity contribution in [3.63, 3.8) is 0 Å². The first-order chi connectivity index (χ1) is 17.0. The van der Waals surface area contributed by atoms with Crippen molar-refractivity contribution < 1.29 is 31.5 Å². The summed E-state index contributed by atoms with van der Waals surface area (Å²) < 4.78 is 63.4. The number of nitrogens with one attached hydrogen (secondary N) is 1. The van der Waals surface area contributed by atoms with Gasteiger partial charge in [0, 0.05) is 25.3 Å². The molecule has 0 radical (unpaired) electrons. The summed E-state index contributed by atoms with van der Waals surface area (Å²) in [4.78, 5) is 17.4. The lowest BCUT2D eigenvalue weighted by atomic mass is 10.1. The number of aromatic nitrogens is 3. The van der Waals surface area contributed by atoms with Gasteiger partial charge in [0.05, 0.1) is 40.8 Å². The molecule has 2 aliphatic rings. The molecule has 0 spiro atoms. The average molecular weight is 521 g/mol. The lowest BCUT2D eigenvalue weighted by Gasteiger charge is -2.38. The summed E-state index contributed by atoms with van der Waals surface area (Å²) in [5.74, 6) is -0.442. The number of pyridine rings is 1. The predicted molar refractivity (Wildman–Crippen MR) is 128 cm³/mol. The predicted octanol–water partition coefficient (Wildman–Crippen LogP) is 3.01. The van der Waals surface area contributed by atoms with Crippen LogP contribution in [-0.4, -0.2) is 71.9 Å². The molecule has 4 heterocycles. The molecule has 1 aromatic carbocycles. The lowest BCUT2D eigenvalue weighted by molar-refractivity contribution is 0.00122. The van der Waals surface area contributed by atoms with Crippen LogP contribution in [0.4, 0.5) is 8.78 Å². The van der Waals surface area contributed by atoms with E-state index in [1.54, 1.807) is 37.3 Å². The number of hydrogen-bond donors (Lipinski definition) is 1. The third-order valence-electron chi connectivity index (χ3n) is 6.27. The Kier molecular flexibility index (Phi) is 6.19. The van der Waals surface area contributed by atoms with Gasteiger partial charge in [-0.25, -0.2) is 17.2 Å². The van der Waals surface area contributed by atoms with Gasteiger partial charge >= 0.3 is 0 Å². The Labute approximate surface area is 206 Å². The normalized spacial score (nSPS) is 23.6. The van der Waals surface area contributed by atoms with Crippen molar-refractivity contribution in [2.24, 2.45) is 0 Å². The molecule has 2 fully saturated rings. The smallest absolute Gasteiger partial charge is 0.253 e. The molecule has 36 heavy (non-hydrogen) atoms. The summed E-state index contributed by atoms with van der Waals surface area (Å²) >= 11 is 0. The van der Waals surface area contributed by atoms with Crippen LogP contribution in [0.25, 0.3) is 22.3 Å². The van der Waals surface area contributed by atoms with Gasteiger partial charge in [-0.15, -0.1) is 0 Å². The summed E-state index contributed by atoms with van der Waals surface area (Å²) in [6, 6.07) is 7.65. The highest BCUT2D eigenvalue weighted by Crippen LogP contribution is 2.34. The van der Waals surface area contributed by atoms with Gasteiger partial charge in [0.2, 0.25) is 6.36 Å². The second kappa shape index (κ2) is 9.07. The van der Waals surface area contributed by atoms with Crippen LogP contribution >= 0.6 is 0 Å². The summed E-state index contributed by atoms with van der Waals surface area (Å²) in [5, 5.41) is 7.44. The van der Waals surface area contributed by atoms with Crippen molar-refractivity contribution in [2.45, 2.75) is 44.4 Å². The molecule has 2 saturated heterocycles. The number of carbonyl (C=O) groups excluding carboxylic acids is 1. The summed E-state index contributed by atoms with van der Waals surface area (Å²) in [7, 11) is -3.15. The molecule has 5 rings (SSSR count). The minimum absolute atomic E-state index is 0.0699. The van der Waals surface area contributed by atoms with Gasteiger partial charge in [-0.05, 0) is 31.5 Å². The zero-order valence-electron chi connectivity index (χ0n) is 19.8. The Morgan fingerprint density at radius 3 is 2.81 bits per heavy atom. The van der Waals surface area contributed by atoms with Crippen molar-refractivity contribution >= 4 is 26.8 Å². The largest absolute Gasteiger partial charge is 0.461 e. The molecule has 2 unspecified atom stereocenters. The Balaban J connectivity index is 1.56. The van der Waals surface area contributed by atoms with Crippen LogP contribution in [0, 0.1) is 0 Å². The molecule has 2 aromatic heterocycles. The highest BCUT2D eigenvalue weighted by atomic mass is 32.2. The Bertz CT molecular complexity index is 1410. The van der Waals surface area contributed by atoms with E-state index in [-0.39, 0.29) is 23.7 Å². The van der Waals surface area contributed by atoms with Gasteiger partial charge in [0.25, 0.3) is 5.91 Å². The first-order valence-electron chi connectivity index (χ1n) is 11.6. The molecule has 1 amide bonds. The maximum Gasteiger partial charge on any atom is 0.253 e.